The fourth-order valence-corrected chi connectivity index (χ4v) is 3.30. The zero-order valence-electron chi connectivity index (χ0n) is 13.3. The first-order valence-corrected chi connectivity index (χ1v) is 7.71. The van der Waals surface area contributed by atoms with E-state index in [1.807, 2.05) is 0 Å². The number of ketones is 1. The van der Waals surface area contributed by atoms with Crippen LogP contribution in [-0.4, -0.2) is 25.9 Å². The number of hydrogen-bond acceptors (Lipinski definition) is 5. The average molecular weight is 304 g/mol. The Morgan fingerprint density at radius 1 is 1.27 bits per heavy atom. The first-order valence-electron chi connectivity index (χ1n) is 7.71. The third-order valence-electron chi connectivity index (χ3n) is 4.59. The van der Waals surface area contributed by atoms with E-state index in [4.69, 9.17) is 10.5 Å². The Morgan fingerprint density at radius 2 is 1.95 bits per heavy atom. The molecule has 1 aliphatic rings. The smallest absolute Gasteiger partial charge is 0.306 e. The third-order valence-corrected chi connectivity index (χ3v) is 4.59. The van der Waals surface area contributed by atoms with E-state index in [1.54, 1.807) is 25.2 Å². The van der Waals surface area contributed by atoms with Gasteiger partial charge in [-0.25, -0.2) is 0 Å². The summed E-state index contributed by atoms with van der Waals surface area (Å²) >= 11 is 0. The summed E-state index contributed by atoms with van der Waals surface area (Å²) < 4.78 is 4.80. The molecule has 0 heterocycles. The number of Topliss-reactive ketones (excluding diaryl/α,β-unsaturated/α-hetero) is 1. The number of hydrogen-bond donors (Lipinski definition) is 2. The minimum absolute atomic E-state index is 0.00644. The highest BCUT2D eigenvalue weighted by Crippen LogP contribution is 2.42. The van der Waals surface area contributed by atoms with E-state index in [9.17, 15) is 9.59 Å². The molecule has 0 amide bonds. The molecule has 5 heteroatoms. The van der Waals surface area contributed by atoms with Gasteiger partial charge in [-0.2, -0.15) is 0 Å². The van der Waals surface area contributed by atoms with E-state index in [2.05, 4.69) is 5.32 Å². The molecule has 0 bridgehead atoms. The molecule has 0 spiro atoms. The predicted octanol–water partition coefficient (Wildman–Crippen LogP) is 3.01. The van der Waals surface area contributed by atoms with Crippen LogP contribution in [0.1, 0.15) is 48.9 Å². The summed E-state index contributed by atoms with van der Waals surface area (Å²) in [6.45, 7) is 0. The topological polar surface area (TPSA) is 81.4 Å². The number of methoxy groups -OCH3 is 1. The summed E-state index contributed by atoms with van der Waals surface area (Å²) in [5.41, 5.74) is 7.23. The zero-order chi connectivity index (χ0) is 16.2. The number of carbonyl (C=O) groups is 2. The second-order valence-corrected chi connectivity index (χ2v) is 5.98. The number of benzene rings is 1. The molecule has 0 radical (unpaired) electrons. The van der Waals surface area contributed by atoms with Gasteiger partial charge in [0.25, 0.3) is 0 Å². The Bertz CT molecular complexity index is 563. The van der Waals surface area contributed by atoms with Gasteiger partial charge in [-0.1, -0.05) is 19.3 Å². The maximum Gasteiger partial charge on any atom is 0.306 e. The van der Waals surface area contributed by atoms with Crippen LogP contribution in [0.3, 0.4) is 0 Å². The van der Waals surface area contributed by atoms with Crippen LogP contribution in [0.4, 0.5) is 11.4 Å². The molecule has 0 saturated heterocycles. The summed E-state index contributed by atoms with van der Waals surface area (Å²) in [6.07, 6.45) is 4.65. The van der Waals surface area contributed by atoms with E-state index in [0.29, 0.717) is 11.3 Å². The molecule has 1 fully saturated rings. The van der Waals surface area contributed by atoms with Crippen molar-refractivity contribution in [1.82, 2.24) is 0 Å². The van der Waals surface area contributed by atoms with Crippen molar-refractivity contribution in [3.05, 3.63) is 23.8 Å². The molecule has 1 aliphatic carbocycles. The first-order chi connectivity index (χ1) is 10.5. The van der Waals surface area contributed by atoms with Gasteiger partial charge in [0.2, 0.25) is 0 Å². The maximum atomic E-state index is 13.0. The standard InChI is InChI=1S/C17H24N2O3/c1-19-14-7-6-12(10-13(14)18)16(21)17(11-15(20)22-2)8-4-3-5-9-17/h6-7,10,19H,3-5,8-9,11,18H2,1-2H3. The maximum absolute atomic E-state index is 13.0. The molecule has 5 nitrogen and oxygen atoms in total. The Balaban J connectivity index is 2.32. The summed E-state index contributed by atoms with van der Waals surface area (Å²) in [5.74, 6) is -0.318. The van der Waals surface area contributed by atoms with Gasteiger partial charge in [-0.15, -0.1) is 0 Å². The van der Waals surface area contributed by atoms with Crippen molar-refractivity contribution in [2.75, 3.05) is 25.2 Å². The van der Waals surface area contributed by atoms with Crippen molar-refractivity contribution in [2.24, 2.45) is 5.41 Å². The number of nitrogens with one attached hydrogen (secondary N) is 1. The number of rotatable bonds is 5. The summed E-state index contributed by atoms with van der Waals surface area (Å²) in [6, 6.07) is 5.27. The minimum Gasteiger partial charge on any atom is -0.469 e. The molecule has 1 aromatic rings. The van der Waals surface area contributed by atoms with Crippen LogP contribution in [0.15, 0.2) is 18.2 Å². The van der Waals surface area contributed by atoms with Crippen LogP contribution in [0, 0.1) is 5.41 Å². The van der Waals surface area contributed by atoms with Gasteiger partial charge in [-0.3, -0.25) is 9.59 Å². The van der Waals surface area contributed by atoms with Gasteiger partial charge in [0.1, 0.15) is 0 Å². The van der Waals surface area contributed by atoms with Crippen molar-refractivity contribution in [1.29, 1.82) is 0 Å². The van der Waals surface area contributed by atoms with Crippen LogP contribution in [0.25, 0.3) is 0 Å². The Kier molecular flexibility index (Phi) is 5.06. The predicted molar refractivity (Wildman–Crippen MR) is 86.9 cm³/mol. The van der Waals surface area contributed by atoms with E-state index in [1.165, 1.54) is 7.11 Å². The molecule has 0 unspecified atom stereocenters. The van der Waals surface area contributed by atoms with Gasteiger partial charge < -0.3 is 15.8 Å². The van der Waals surface area contributed by atoms with E-state index in [0.717, 1.165) is 37.8 Å². The first kappa shape index (κ1) is 16.3. The molecule has 120 valence electrons. The van der Waals surface area contributed by atoms with Crippen LogP contribution in [0.2, 0.25) is 0 Å². The monoisotopic (exact) mass is 304 g/mol. The third kappa shape index (κ3) is 3.24. The largest absolute Gasteiger partial charge is 0.469 e. The summed E-state index contributed by atoms with van der Waals surface area (Å²) in [5, 5.41) is 2.98. The number of nitrogens with two attached hydrogens (primary N) is 1. The van der Waals surface area contributed by atoms with Crippen molar-refractivity contribution >= 4 is 23.1 Å². The van der Waals surface area contributed by atoms with Crippen molar-refractivity contribution in [3.63, 3.8) is 0 Å². The molecule has 1 saturated carbocycles. The SMILES string of the molecule is CNc1ccc(C(=O)C2(CC(=O)OC)CCCCC2)cc1N. The second kappa shape index (κ2) is 6.81. The summed E-state index contributed by atoms with van der Waals surface area (Å²) in [7, 11) is 3.15. The summed E-state index contributed by atoms with van der Waals surface area (Å²) in [4.78, 5) is 24.8. The van der Waals surface area contributed by atoms with Gasteiger partial charge in [0, 0.05) is 18.0 Å². The van der Waals surface area contributed by atoms with Crippen molar-refractivity contribution in [3.8, 4) is 0 Å². The molecule has 2 rings (SSSR count). The molecular formula is C17H24N2O3. The van der Waals surface area contributed by atoms with E-state index >= 15 is 0 Å². The van der Waals surface area contributed by atoms with Gasteiger partial charge in [-0.05, 0) is 31.0 Å². The quantitative estimate of drug-likeness (QED) is 0.496. The zero-order valence-corrected chi connectivity index (χ0v) is 13.3. The Hall–Kier alpha value is -2.04. The minimum atomic E-state index is -0.640. The number of nitrogen functional groups attached to an aromatic ring is 1. The lowest BCUT2D eigenvalue weighted by Gasteiger charge is -2.35. The van der Waals surface area contributed by atoms with Crippen molar-refractivity contribution < 1.29 is 14.3 Å². The molecule has 22 heavy (non-hydrogen) atoms. The number of carbonyl (C=O) groups excluding carboxylic acids is 2. The van der Waals surface area contributed by atoms with E-state index in [-0.39, 0.29) is 18.2 Å². The molecule has 0 aliphatic heterocycles. The highest BCUT2D eigenvalue weighted by Gasteiger charge is 2.42. The lowest BCUT2D eigenvalue weighted by Crippen LogP contribution is -2.36. The average Bonchev–Trinajstić information content (AvgIpc) is 2.54. The van der Waals surface area contributed by atoms with Crippen LogP contribution >= 0.6 is 0 Å². The van der Waals surface area contributed by atoms with Crippen LogP contribution < -0.4 is 11.1 Å². The highest BCUT2D eigenvalue weighted by molar-refractivity contribution is 6.03. The Morgan fingerprint density at radius 3 is 2.50 bits per heavy atom. The molecular weight excluding hydrogens is 280 g/mol. The lowest BCUT2D eigenvalue weighted by molar-refractivity contribution is -0.143. The molecule has 0 atom stereocenters. The molecule has 3 N–H and O–H groups in total. The van der Waals surface area contributed by atoms with Gasteiger partial charge in [0.05, 0.1) is 24.9 Å². The number of ether oxygens (including phenoxy) is 1. The number of anilines is 2. The fraction of sp³-hybridized carbons (Fsp3) is 0.529. The fourth-order valence-electron chi connectivity index (χ4n) is 3.30. The molecule has 1 aromatic carbocycles. The van der Waals surface area contributed by atoms with Gasteiger partial charge >= 0.3 is 5.97 Å². The number of esters is 1. The highest BCUT2D eigenvalue weighted by atomic mass is 16.5. The van der Waals surface area contributed by atoms with Crippen molar-refractivity contribution in [2.45, 2.75) is 38.5 Å². The normalized spacial score (nSPS) is 16.8. The van der Waals surface area contributed by atoms with Crippen LogP contribution in [-0.2, 0) is 9.53 Å². The Labute approximate surface area is 131 Å². The van der Waals surface area contributed by atoms with Crippen LogP contribution in [0.5, 0.6) is 0 Å². The van der Waals surface area contributed by atoms with E-state index < -0.39 is 5.41 Å². The van der Waals surface area contributed by atoms with Gasteiger partial charge in [0.15, 0.2) is 5.78 Å². The second-order valence-electron chi connectivity index (χ2n) is 5.98. The lowest BCUT2D eigenvalue weighted by atomic mass is 9.67. The molecule has 0 aromatic heterocycles.